The van der Waals surface area contributed by atoms with Crippen LogP contribution in [0.25, 0.3) is 6.08 Å². The molecule has 2 aromatic rings. The van der Waals surface area contributed by atoms with Crippen LogP contribution in [-0.2, 0) is 20.9 Å². The zero-order valence-corrected chi connectivity index (χ0v) is 15.0. The first-order chi connectivity index (χ1) is 13.0. The Bertz CT molecular complexity index is 818. The van der Waals surface area contributed by atoms with E-state index in [0.29, 0.717) is 17.1 Å². The van der Waals surface area contributed by atoms with Gasteiger partial charge in [-0.05, 0) is 42.0 Å². The van der Waals surface area contributed by atoms with Gasteiger partial charge in [-0.15, -0.1) is 0 Å². The predicted molar refractivity (Wildman–Crippen MR) is 97.8 cm³/mol. The minimum atomic E-state index is -0.670. The topological polar surface area (TPSA) is 73.9 Å². The summed E-state index contributed by atoms with van der Waals surface area (Å²) in [5.74, 6) is -0.295. The van der Waals surface area contributed by atoms with Crippen LogP contribution >= 0.6 is 0 Å². The fourth-order valence-corrected chi connectivity index (χ4v) is 2.17. The number of hydrogen-bond acceptors (Lipinski definition) is 5. The molecule has 0 aliphatic heterocycles. The minimum absolute atomic E-state index is 0.216. The number of amides is 1. The van der Waals surface area contributed by atoms with Crippen molar-refractivity contribution in [1.82, 2.24) is 5.32 Å². The largest absolute Gasteiger partial charge is 0.497 e. The second-order valence-electron chi connectivity index (χ2n) is 5.45. The Morgan fingerprint density at radius 3 is 2.48 bits per heavy atom. The summed E-state index contributed by atoms with van der Waals surface area (Å²) in [6, 6.07) is 10.9. The summed E-state index contributed by atoms with van der Waals surface area (Å²) in [6.45, 7) is -0.201. The van der Waals surface area contributed by atoms with E-state index < -0.39 is 18.5 Å². The third kappa shape index (κ3) is 6.47. The molecular weight excluding hydrogens is 353 g/mol. The van der Waals surface area contributed by atoms with Gasteiger partial charge in [0.25, 0.3) is 5.91 Å². The van der Waals surface area contributed by atoms with E-state index in [9.17, 15) is 14.0 Å². The third-order valence-electron chi connectivity index (χ3n) is 3.58. The highest BCUT2D eigenvalue weighted by atomic mass is 19.1. The number of rotatable bonds is 8. The lowest BCUT2D eigenvalue weighted by molar-refractivity contribution is -0.143. The van der Waals surface area contributed by atoms with Crippen LogP contribution in [-0.4, -0.2) is 32.7 Å². The number of ether oxygens (including phenoxy) is 3. The Labute approximate surface area is 156 Å². The average Bonchev–Trinajstić information content (AvgIpc) is 2.69. The number of carbonyl (C=O) groups is 2. The molecule has 0 fully saturated rings. The van der Waals surface area contributed by atoms with Gasteiger partial charge in [-0.2, -0.15) is 0 Å². The van der Waals surface area contributed by atoms with E-state index >= 15 is 0 Å². The molecule has 1 amide bonds. The van der Waals surface area contributed by atoms with Gasteiger partial charge >= 0.3 is 5.97 Å². The van der Waals surface area contributed by atoms with Crippen LogP contribution in [0.4, 0.5) is 4.39 Å². The van der Waals surface area contributed by atoms with Crippen molar-refractivity contribution >= 4 is 18.0 Å². The molecule has 7 heteroatoms. The van der Waals surface area contributed by atoms with Crippen LogP contribution < -0.4 is 14.8 Å². The summed E-state index contributed by atoms with van der Waals surface area (Å²) >= 11 is 0. The van der Waals surface area contributed by atoms with Gasteiger partial charge in [-0.25, -0.2) is 9.18 Å². The van der Waals surface area contributed by atoms with Gasteiger partial charge < -0.3 is 19.5 Å². The van der Waals surface area contributed by atoms with Crippen molar-refractivity contribution in [3.63, 3.8) is 0 Å². The molecule has 0 radical (unpaired) electrons. The Kier molecular flexibility index (Phi) is 7.37. The average molecular weight is 373 g/mol. The lowest BCUT2D eigenvalue weighted by Gasteiger charge is -2.07. The van der Waals surface area contributed by atoms with Crippen molar-refractivity contribution in [2.24, 2.45) is 0 Å². The fraction of sp³-hybridized carbons (Fsp3) is 0.200. The van der Waals surface area contributed by atoms with Gasteiger partial charge in [0.1, 0.15) is 17.3 Å². The van der Waals surface area contributed by atoms with E-state index in [2.05, 4.69) is 5.32 Å². The number of nitrogens with one attached hydrogen (secondary N) is 1. The summed E-state index contributed by atoms with van der Waals surface area (Å²) in [7, 11) is 3.05. The van der Waals surface area contributed by atoms with Crippen molar-refractivity contribution in [3.8, 4) is 11.5 Å². The van der Waals surface area contributed by atoms with Crippen molar-refractivity contribution in [2.75, 3.05) is 20.8 Å². The normalized spacial score (nSPS) is 10.5. The summed E-state index contributed by atoms with van der Waals surface area (Å²) in [5.41, 5.74) is 1.37. The predicted octanol–water partition coefficient (Wildman–Crippen LogP) is 2.72. The number of esters is 1. The van der Waals surface area contributed by atoms with Crippen LogP contribution in [0, 0.1) is 5.82 Å². The monoisotopic (exact) mass is 373 g/mol. The maximum absolute atomic E-state index is 12.8. The molecule has 27 heavy (non-hydrogen) atoms. The molecule has 0 aromatic heterocycles. The highest BCUT2D eigenvalue weighted by Gasteiger charge is 2.07. The molecule has 2 rings (SSSR count). The van der Waals surface area contributed by atoms with Gasteiger partial charge in [0.05, 0.1) is 14.2 Å². The van der Waals surface area contributed by atoms with Crippen LogP contribution in [0.3, 0.4) is 0 Å². The number of hydrogen-bond donors (Lipinski definition) is 1. The highest BCUT2D eigenvalue weighted by molar-refractivity contribution is 5.89. The number of benzene rings is 2. The van der Waals surface area contributed by atoms with Crippen molar-refractivity contribution in [3.05, 3.63) is 65.5 Å². The molecule has 0 aliphatic rings. The molecule has 0 spiro atoms. The van der Waals surface area contributed by atoms with Gasteiger partial charge in [0.15, 0.2) is 6.61 Å². The van der Waals surface area contributed by atoms with Gasteiger partial charge in [-0.1, -0.05) is 12.1 Å². The van der Waals surface area contributed by atoms with E-state index in [-0.39, 0.29) is 12.4 Å². The van der Waals surface area contributed by atoms with Crippen LogP contribution in [0.5, 0.6) is 11.5 Å². The molecule has 0 atom stereocenters. The molecule has 6 nitrogen and oxygen atoms in total. The number of methoxy groups -OCH3 is 2. The maximum Gasteiger partial charge on any atom is 0.331 e. The summed E-state index contributed by atoms with van der Waals surface area (Å²) < 4.78 is 28.0. The maximum atomic E-state index is 12.8. The lowest BCUT2D eigenvalue weighted by atomic mass is 10.1. The molecule has 0 aliphatic carbocycles. The standard InChI is InChI=1S/C20H20FNO5/c1-25-17-8-9-18(26-2)15(11-17)5-10-20(24)27-13-19(23)22-12-14-3-6-16(21)7-4-14/h3-11H,12-13H2,1-2H3,(H,22,23)/b10-5+. The van der Waals surface area contributed by atoms with Crippen LogP contribution in [0.2, 0.25) is 0 Å². The van der Waals surface area contributed by atoms with Crippen LogP contribution in [0.1, 0.15) is 11.1 Å². The Morgan fingerprint density at radius 2 is 1.81 bits per heavy atom. The minimum Gasteiger partial charge on any atom is -0.497 e. The van der Waals surface area contributed by atoms with Crippen molar-refractivity contribution in [1.29, 1.82) is 0 Å². The van der Waals surface area contributed by atoms with E-state index in [1.165, 1.54) is 38.5 Å². The second kappa shape index (κ2) is 9.96. The SMILES string of the molecule is COc1ccc(OC)c(/C=C/C(=O)OCC(=O)NCc2ccc(F)cc2)c1. The smallest absolute Gasteiger partial charge is 0.331 e. The molecule has 1 N–H and O–H groups in total. The molecular formula is C20H20FNO5. The first-order valence-electron chi connectivity index (χ1n) is 8.10. The van der Waals surface area contributed by atoms with Gasteiger partial charge in [0, 0.05) is 18.2 Å². The number of carbonyl (C=O) groups excluding carboxylic acids is 2. The Balaban J connectivity index is 1.82. The van der Waals surface area contributed by atoms with E-state index in [4.69, 9.17) is 14.2 Å². The molecule has 0 bridgehead atoms. The Hall–Kier alpha value is -3.35. The van der Waals surface area contributed by atoms with Crippen molar-refractivity contribution < 1.29 is 28.2 Å². The molecule has 0 unspecified atom stereocenters. The van der Waals surface area contributed by atoms with E-state index in [0.717, 1.165) is 5.56 Å². The first-order valence-corrected chi connectivity index (χ1v) is 8.10. The van der Waals surface area contributed by atoms with Crippen molar-refractivity contribution in [2.45, 2.75) is 6.54 Å². The molecule has 0 saturated heterocycles. The fourth-order valence-electron chi connectivity index (χ4n) is 2.17. The number of halogens is 1. The van der Waals surface area contributed by atoms with Gasteiger partial charge in [-0.3, -0.25) is 4.79 Å². The van der Waals surface area contributed by atoms with Crippen LogP contribution in [0.15, 0.2) is 48.5 Å². The van der Waals surface area contributed by atoms with E-state index in [1.54, 1.807) is 30.3 Å². The summed E-state index contributed by atoms with van der Waals surface area (Å²) in [6.07, 6.45) is 2.71. The zero-order valence-electron chi connectivity index (χ0n) is 15.0. The molecule has 142 valence electrons. The molecule has 2 aromatic carbocycles. The summed E-state index contributed by atoms with van der Waals surface area (Å²) in [5, 5.41) is 2.58. The molecule has 0 heterocycles. The Morgan fingerprint density at radius 1 is 1.07 bits per heavy atom. The summed E-state index contributed by atoms with van der Waals surface area (Å²) in [4.78, 5) is 23.5. The second-order valence-corrected chi connectivity index (χ2v) is 5.45. The van der Waals surface area contributed by atoms with E-state index in [1.807, 2.05) is 0 Å². The zero-order chi connectivity index (χ0) is 19.6. The first kappa shape index (κ1) is 20.0. The van der Waals surface area contributed by atoms with Gasteiger partial charge in [0.2, 0.25) is 0 Å². The lowest BCUT2D eigenvalue weighted by Crippen LogP contribution is -2.28. The quantitative estimate of drug-likeness (QED) is 0.569. The highest BCUT2D eigenvalue weighted by Crippen LogP contribution is 2.25. The third-order valence-corrected chi connectivity index (χ3v) is 3.58. The molecule has 0 saturated carbocycles.